The Hall–Kier alpha value is -4.01. The zero-order chi connectivity index (χ0) is 20.8. The van der Waals surface area contributed by atoms with Crippen LogP contribution >= 0.6 is 0 Å². The second-order valence-corrected chi connectivity index (χ2v) is 6.40. The van der Waals surface area contributed by atoms with E-state index >= 15 is 0 Å². The van der Waals surface area contributed by atoms with Gasteiger partial charge in [-0.05, 0) is 11.6 Å². The molecule has 0 aliphatic carbocycles. The van der Waals surface area contributed by atoms with Crippen molar-refractivity contribution >= 4 is 34.6 Å². The number of rotatable bonds is 8. The summed E-state index contributed by atoms with van der Waals surface area (Å²) in [5, 5.41) is 15.6. The maximum absolute atomic E-state index is 12.1. The molecule has 9 nitrogen and oxygen atoms in total. The van der Waals surface area contributed by atoms with Crippen molar-refractivity contribution in [2.24, 2.45) is 10.8 Å². The van der Waals surface area contributed by atoms with E-state index in [0.29, 0.717) is 12.1 Å². The van der Waals surface area contributed by atoms with Crippen LogP contribution in [0.15, 0.2) is 59.8 Å². The number of nitrogens with one attached hydrogen (secondary N) is 1. The Balaban J connectivity index is 1.66. The number of para-hydroxylation sites is 1. The minimum absolute atomic E-state index is 0.0279. The van der Waals surface area contributed by atoms with Crippen molar-refractivity contribution in [1.82, 2.24) is 9.99 Å². The molecule has 2 amide bonds. The van der Waals surface area contributed by atoms with Gasteiger partial charge in [0.2, 0.25) is 11.8 Å². The Bertz CT molecular complexity index is 1090. The lowest BCUT2D eigenvalue weighted by molar-refractivity contribution is -0.384. The van der Waals surface area contributed by atoms with Gasteiger partial charge in [0.05, 0.1) is 17.6 Å². The van der Waals surface area contributed by atoms with E-state index in [2.05, 4.69) is 10.5 Å². The molecule has 148 valence electrons. The highest BCUT2D eigenvalue weighted by Crippen LogP contribution is 2.20. The molecule has 0 aliphatic heterocycles. The first-order chi connectivity index (χ1) is 13.9. The zero-order valence-corrected chi connectivity index (χ0v) is 15.4. The van der Waals surface area contributed by atoms with Gasteiger partial charge in [0.1, 0.15) is 0 Å². The smallest absolute Gasteiger partial charge is 0.269 e. The number of hydrogen-bond donors (Lipinski definition) is 2. The van der Waals surface area contributed by atoms with Crippen LogP contribution in [0.4, 0.5) is 5.69 Å². The number of aromatic nitrogens is 1. The average Bonchev–Trinajstić information content (AvgIpc) is 3.05. The first kappa shape index (κ1) is 19.7. The fourth-order valence-corrected chi connectivity index (χ4v) is 2.93. The number of hydrazone groups is 1. The van der Waals surface area contributed by atoms with Gasteiger partial charge in [-0.3, -0.25) is 19.7 Å². The highest BCUT2D eigenvalue weighted by Gasteiger charge is 2.09. The van der Waals surface area contributed by atoms with Crippen LogP contribution in [0.5, 0.6) is 0 Å². The van der Waals surface area contributed by atoms with Crippen LogP contribution in [0, 0.1) is 10.1 Å². The fraction of sp³-hybridized carbons (Fsp3) is 0.150. The number of carbonyl (C=O) groups is 2. The van der Waals surface area contributed by atoms with Gasteiger partial charge in [-0.2, -0.15) is 5.10 Å². The average molecular weight is 393 g/mol. The lowest BCUT2D eigenvalue weighted by Gasteiger charge is -2.02. The van der Waals surface area contributed by atoms with Crippen molar-refractivity contribution < 1.29 is 14.5 Å². The number of non-ortho nitro benzene ring substituents is 1. The Kier molecular flexibility index (Phi) is 5.98. The number of carbonyl (C=O) groups excluding carboxylic acids is 2. The molecule has 3 rings (SSSR count). The Labute approximate surface area is 166 Å². The quantitative estimate of drug-likeness (QED) is 0.344. The summed E-state index contributed by atoms with van der Waals surface area (Å²) in [6.07, 6.45) is 3.66. The number of benzene rings is 2. The molecule has 0 atom stereocenters. The molecular formula is C20H19N5O4. The Morgan fingerprint density at radius 2 is 1.90 bits per heavy atom. The largest absolute Gasteiger partial charge is 0.370 e. The molecule has 0 unspecified atom stereocenters. The van der Waals surface area contributed by atoms with E-state index < -0.39 is 4.92 Å². The van der Waals surface area contributed by atoms with Crippen LogP contribution in [-0.2, 0) is 22.6 Å². The van der Waals surface area contributed by atoms with Crippen LogP contribution in [0.1, 0.15) is 17.5 Å². The number of nitro benzene ring substituents is 1. The van der Waals surface area contributed by atoms with Gasteiger partial charge in [0, 0.05) is 47.8 Å². The molecule has 2 aromatic carbocycles. The second kappa shape index (κ2) is 8.79. The van der Waals surface area contributed by atoms with Gasteiger partial charge in [-0.1, -0.05) is 30.3 Å². The van der Waals surface area contributed by atoms with E-state index in [1.165, 1.54) is 30.5 Å². The minimum atomic E-state index is -0.492. The maximum Gasteiger partial charge on any atom is 0.269 e. The van der Waals surface area contributed by atoms with Gasteiger partial charge in [0.25, 0.3) is 5.69 Å². The number of primary amides is 1. The van der Waals surface area contributed by atoms with Crippen LogP contribution in [0.25, 0.3) is 10.9 Å². The molecule has 1 heterocycles. The number of nitro groups is 1. The van der Waals surface area contributed by atoms with Crippen molar-refractivity contribution in [2.75, 3.05) is 0 Å². The molecule has 29 heavy (non-hydrogen) atoms. The monoisotopic (exact) mass is 393 g/mol. The summed E-state index contributed by atoms with van der Waals surface area (Å²) in [7, 11) is 0. The van der Waals surface area contributed by atoms with Crippen LogP contribution in [0.2, 0.25) is 0 Å². The molecule has 0 fully saturated rings. The molecular weight excluding hydrogens is 374 g/mol. The van der Waals surface area contributed by atoms with E-state index in [4.69, 9.17) is 5.73 Å². The summed E-state index contributed by atoms with van der Waals surface area (Å²) in [5.74, 6) is -0.718. The van der Waals surface area contributed by atoms with Gasteiger partial charge < -0.3 is 10.3 Å². The predicted molar refractivity (Wildman–Crippen MR) is 108 cm³/mol. The molecule has 3 N–H and O–H groups in total. The molecule has 0 bridgehead atoms. The molecule has 0 saturated heterocycles. The number of fused-ring (bicyclic) bond motifs is 1. The summed E-state index contributed by atoms with van der Waals surface area (Å²) < 4.78 is 1.92. The van der Waals surface area contributed by atoms with Gasteiger partial charge in [-0.15, -0.1) is 0 Å². The molecule has 0 spiro atoms. The molecule has 0 aliphatic rings. The molecule has 1 aromatic heterocycles. The highest BCUT2D eigenvalue weighted by atomic mass is 16.6. The van der Waals surface area contributed by atoms with Gasteiger partial charge >= 0.3 is 0 Å². The number of nitrogens with zero attached hydrogens (tertiary/aromatic N) is 3. The van der Waals surface area contributed by atoms with E-state index in [0.717, 1.165) is 16.5 Å². The van der Waals surface area contributed by atoms with Crippen molar-refractivity contribution in [3.63, 3.8) is 0 Å². The van der Waals surface area contributed by atoms with Crippen LogP contribution < -0.4 is 11.2 Å². The highest BCUT2D eigenvalue weighted by molar-refractivity contribution is 5.99. The topological polar surface area (TPSA) is 133 Å². The van der Waals surface area contributed by atoms with Crippen molar-refractivity contribution in [3.05, 3.63) is 76.0 Å². The van der Waals surface area contributed by atoms with Crippen molar-refractivity contribution in [1.29, 1.82) is 0 Å². The zero-order valence-electron chi connectivity index (χ0n) is 15.4. The number of nitrogens with two attached hydrogens (primary N) is 1. The summed E-state index contributed by atoms with van der Waals surface area (Å²) in [6, 6.07) is 13.4. The van der Waals surface area contributed by atoms with Gasteiger partial charge in [-0.25, -0.2) is 5.43 Å². The lowest BCUT2D eigenvalue weighted by Crippen LogP contribution is -2.19. The lowest BCUT2D eigenvalue weighted by atomic mass is 10.1. The van der Waals surface area contributed by atoms with Gasteiger partial charge in [0.15, 0.2) is 0 Å². The van der Waals surface area contributed by atoms with Crippen molar-refractivity contribution in [3.8, 4) is 0 Å². The Morgan fingerprint density at radius 3 is 2.59 bits per heavy atom. The second-order valence-electron chi connectivity index (χ2n) is 6.40. The fourth-order valence-electron chi connectivity index (χ4n) is 2.93. The summed E-state index contributed by atoms with van der Waals surface area (Å²) >= 11 is 0. The third-order valence-electron chi connectivity index (χ3n) is 4.32. The first-order valence-corrected chi connectivity index (χ1v) is 8.85. The summed E-state index contributed by atoms with van der Waals surface area (Å²) in [4.78, 5) is 33.3. The number of aryl methyl sites for hydroxylation is 1. The normalized spacial score (nSPS) is 11.0. The van der Waals surface area contributed by atoms with E-state index in [1.807, 2.05) is 35.0 Å². The molecule has 9 heteroatoms. The SMILES string of the molecule is NC(=O)CCn1cc(/C=N\NC(=O)Cc2ccc([N+](=O)[O-])cc2)c2ccccc21. The minimum Gasteiger partial charge on any atom is -0.370 e. The predicted octanol–water partition coefficient (Wildman–Crippen LogP) is 2.12. The third-order valence-corrected chi connectivity index (χ3v) is 4.32. The molecule has 0 radical (unpaired) electrons. The Morgan fingerprint density at radius 1 is 1.17 bits per heavy atom. The van der Waals surface area contributed by atoms with E-state index in [1.54, 1.807) is 0 Å². The summed E-state index contributed by atoms with van der Waals surface area (Å²) in [6.45, 7) is 0.455. The number of hydrogen-bond acceptors (Lipinski definition) is 5. The first-order valence-electron chi connectivity index (χ1n) is 8.85. The standard InChI is InChI=1S/C20H19N5O4/c21-19(26)9-10-24-13-15(17-3-1-2-4-18(17)24)12-22-23-20(27)11-14-5-7-16(8-6-14)25(28)29/h1-8,12-13H,9-11H2,(H2,21,26)(H,23,27)/b22-12-. The van der Waals surface area contributed by atoms with Crippen LogP contribution in [-0.4, -0.2) is 27.5 Å². The van der Waals surface area contributed by atoms with E-state index in [9.17, 15) is 19.7 Å². The molecule has 0 saturated carbocycles. The van der Waals surface area contributed by atoms with Crippen LogP contribution in [0.3, 0.4) is 0 Å². The maximum atomic E-state index is 12.1. The third kappa shape index (κ3) is 5.04. The number of amides is 2. The van der Waals surface area contributed by atoms with E-state index in [-0.39, 0.29) is 30.3 Å². The molecule has 3 aromatic rings. The summed E-state index contributed by atoms with van der Waals surface area (Å²) in [5.41, 5.74) is 10.0. The van der Waals surface area contributed by atoms with Crippen molar-refractivity contribution in [2.45, 2.75) is 19.4 Å².